The first kappa shape index (κ1) is 12.9. The Morgan fingerprint density at radius 1 is 1.33 bits per heavy atom. The van der Waals surface area contributed by atoms with Crippen LogP contribution in [0.3, 0.4) is 0 Å². The number of carbonyl (C=O) groups excluding carboxylic acids is 1. The number of benzene rings is 1. The maximum atomic E-state index is 12.1. The molecule has 0 heterocycles. The molecule has 0 saturated heterocycles. The van der Waals surface area contributed by atoms with Gasteiger partial charge >= 0.3 is 0 Å². The van der Waals surface area contributed by atoms with E-state index in [0.717, 1.165) is 24.2 Å². The van der Waals surface area contributed by atoms with Crippen LogP contribution in [0.4, 0.5) is 0 Å². The Kier molecular flexibility index (Phi) is 4.24. The van der Waals surface area contributed by atoms with Crippen LogP contribution in [0, 0.1) is 5.92 Å². The summed E-state index contributed by atoms with van der Waals surface area (Å²) in [6.45, 7) is 2.00. The third-order valence-corrected chi connectivity index (χ3v) is 3.69. The molecule has 0 aliphatic heterocycles. The third-order valence-electron chi connectivity index (χ3n) is 3.69. The molecule has 0 spiro atoms. The van der Waals surface area contributed by atoms with Crippen LogP contribution in [0.1, 0.15) is 44.2 Å². The summed E-state index contributed by atoms with van der Waals surface area (Å²) in [5.41, 5.74) is 1.03. The molecule has 0 bridgehead atoms. The SMILES string of the molecule is COc1ccccc1[C@H](C)NC(=O)C1CCCC1. The highest BCUT2D eigenvalue weighted by molar-refractivity contribution is 5.79. The lowest BCUT2D eigenvalue weighted by Gasteiger charge is -2.19. The van der Waals surface area contributed by atoms with Gasteiger partial charge in [-0.15, -0.1) is 0 Å². The second-order valence-electron chi connectivity index (χ2n) is 4.95. The number of para-hydroxylation sites is 1. The molecule has 2 rings (SSSR count). The molecule has 1 fully saturated rings. The number of rotatable bonds is 4. The van der Waals surface area contributed by atoms with Crippen molar-refractivity contribution < 1.29 is 9.53 Å². The van der Waals surface area contributed by atoms with Gasteiger partial charge < -0.3 is 10.1 Å². The lowest BCUT2D eigenvalue weighted by molar-refractivity contribution is -0.125. The maximum absolute atomic E-state index is 12.1. The minimum absolute atomic E-state index is 0.00532. The molecule has 1 aromatic carbocycles. The molecule has 18 heavy (non-hydrogen) atoms. The highest BCUT2D eigenvalue weighted by atomic mass is 16.5. The van der Waals surface area contributed by atoms with Crippen molar-refractivity contribution in [2.75, 3.05) is 7.11 Å². The van der Waals surface area contributed by atoms with E-state index in [2.05, 4.69) is 5.32 Å². The normalized spacial score (nSPS) is 17.4. The zero-order valence-electron chi connectivity index (χ0n) is 11.1. The Morgan fingerprint density at radius 3 is 2.67 bits per heavy atom. The molecule has 3 nitrogen and oxygen atoms in total. The van der Waals surface area contributed by atoms with Crippen LogP contribution in [-0.4, -0.2) is 13.0 Å². The Hall–Kier alpha value is -1.51. The topological polar surface area (TPSA) is 38.3 Å². The number of ether oxygens (including phenoxy) is 1. The van der Waals surface area contributed by atoms with Crippen LogP contribution in [0.5, 0.6) is 5.75 Å². The van der Waals surface area contributed by atoms with Gasteiger partial charge in [-0.1, -0.05) is 31.0 Å². The summed E-state index contributed by atoms with van der Waals surface area (Å²) in [4.78, 5) is 12.1. The van der Waals surface area contributed by atoms with Crippen molar-refractivity contribution in [2.45, 2.75) is 38.6 Å². The molecule has 3 heteroatoms. The molecule has 1 aliphatic carbocycles. The predicted octanol–water partition coefficient (Wildman–Crippen LogP) is 3.06. The number of amides is 1. The van der Waals surface area contributed by atoms with E-state index in [1.807, 2.05) is 31.2 Å². The van der Waals surface area contributed by atoms with Crippen molar-refractivity contribution >= 4 is 5.91 Å². The Labute approximate surface area is 109 Å². The molecular weight excluding hydrogens is 226 g/mol. The summed E-state index contributed by atoms with van der Waals surface area (Å²) >= 11 is 0. The van der Waals surface area contributed by atoms with Gasteiger partial charge in [0.15, 0.2) is 0 Å². The first-order valence-corrected chi connectivity index (χ1v) is 6.65. The molecule has 0 radical (unpaired) electrons. The van der Waals surface area contributed by atoms with Crippen molar-refractivity contribution in [3.63, 3.8) is 0 Å². The molecule has 1 N–H and O–H groups in total. The summed E-state index contributed by atoms with van der Waals surface area (Å²) in [7, 11) is 1.66. The van der Waals surface area contributed by atoms with E-state index >= 15 is 0 Å². The highest BCUT2D eigenvalue weighted by Crippen LogP contribution is 2.28. The van der Waals surface area contributed by atoms with E-state index in [9.17, 15) is 4.79 Å². The van der Waals surface area contributed by atoms with Gasteiger partial charge in [-0.25, -0.2) is 0 Å². The average Bonchev–Trinajstić information content (AvgIpc) is 2.92. The molecule has 98 valence electrons. The van der Waals surface area contributed by atoms with E-state index in [1.165, 1.54) is 12.8 Å². The van der Waals surface area contributed by atoms with Gasteiger partial charge in [0.25, 0.3) is 0 Å². The predicted molar refractivity (Wildman–Crippen MR) is 71.5 cm³/mol. The zero-order chi connectivity index (χ0) is 13.0. The maximum Gasteiger partial charge on any atom is 0.223 e. The molecule has 0 aromatic heterocycles. The van der Waals surface area contributed by atoms with Crippen molar-refractivity contribution in [3.05, 3.63) is 29.8 Å². The zero-order valence-corrected chi connectivity index (χ0v) is 11.1. The monoisotopic (exact) mass is 247 g/mol. The van der Waals surface area contributed by atoms with Crippen LogP contribution >= 0.6 is 0 Å². The van der Waals surface area contributed by atoms with Gasteiger partial charge in [-0.05, 0) is 25.8 Å². The second kappa shape index (κ2) is 5.89. The summed E-state index contributed by atoms with van der Waals surface area (Å²) in [6, 6.07) is 7.82. The summed E-state index contributed by atoms with van der Waals surface area (Å²) < 4.78 is 5.32. The van der Waals surface area contributed by atoms with Crippen LogP contribution in [0.2, 0.25) is 0 Å². The fraction of sp³-hybridized carbons (Fsp3) is 0.533. The molecular formula is C15H21NO2. The summed E-state index contributed by atoms with van der Waals surface area (Å²) in [5.74, 6) is 1.23. The molecule has 1 aromatic rings. The van der Waals surface area contributed by atoms with Gasteiger partial charge in [0.2, 0.25) is 5.91 Å². The smallest absolute Gasteiger partial charge is 0.223 e. The largest absolute Gasteiger partial charge is 0.496 e. The Morgan fingerprint density at radius 2 is 2.00 bits per heavy atom. The first-order chi connectivity index (χ1) is 8.72. The number of carbonyl (C=O) groups is 1. The highest BCUT2D eigenvalue weighted by Gasteiger charge is 2.24. The van der Waals surface area contributed by atoms with E-state index < -0.39 is 0 Å². The fourth-order valence-corrected chi connectivity index (χ4v) is 2.62. The lowest BCUT2D eigenvalue weighted by Crippen LogP contribution is -2.31. The summed E-state index contributed by atoms with van der Waals surface area (Å²) in [6.07, 6.45) is 4.43. The first-order valence-electron chi connectivity index (χ1n) is 6.65. The Bertz CT molecular complexity index is 411. The standard InChI is InChI=1S/C15H21NO2/c1-11(13-9-5-6-10-14(13)18-2)16-15(17)12-7-3-4-8-12/h5-6,9-12H,3-4,7-8H2,1-2H3,(H,16,17)/t11-/m0/s1. The number of methoxy groups -OCH3 is 1. The van der Waals surface area contributed by atoms with E-state index in [1.54, 1.807) is 7.11 Å². The molecule has 1 atom stereocenters. The van der Waals surface area contributed by atoms with Gasteiger partial charge in [0.05, 0.1) is 13.2 Å². The average molecular weight is 247 g/mol. The van der Waals surface area contributed by atoms with Gasteiger partial charge in [0.1, 0.15) is 5.75 Å². The molecule has 0 unspecified atom stereocenters. The third kappa shape index (κ3) is 2.84. The van der Waals surface area contributed by atoms with E-state index in [-0.39, 0.29) is 17.9 Å². The van der Waals surface area contributed by atoms with Crippen LogP contribution in [0.25, 0.3) is 0 Å². The van der Waals surface area contributed by atoms with Crippen molar-refractivity contribution in [3.8, 4) is 5.75 Å². The van der Waals surface area contributed by atoms with Gasteiger partial charge in [-0.2, -0.15) is 0 Å². The second-order valence-corrected chi connectivity index (χ2v) is 4.95. The molecule has 1 amide bonds. The van der Waals surface area contributed by atoms with E-state index in [0.29, 0.717) is 0 Å². The van der Waals surface area contributed by atoms with Crippen LogP contribution in [-0.2, 0) is 4.79 Å². The van der Waals surface area contributed by atoms with Gasteiger partial charge in [-0.3, -0.25) is 4.79 Å². The molecule has 1 saturated carbocycles. The lowest BCUT2D eigenvalue weighted by atomic mass is 10.0. The Balaban J connectivity index is 2.02. The van der Waals surface area contributed by atoms with Crippen LogP contribution in [0.15, 0.2) is 24.3 Å². The van der Waals surface area contributed by atoms with Crippen LogP contribution < -0.4 is 10.1 Å². The summed E-state index contributed by atoms with van der Waals surface area (Å²) in [5, 5.41) is 3.09. The minimum atomic E-state index is -0.00532. The number of hydrogen-bond donors (Lipinski definition) is 1. The minimum Gasteiger partial charge on any atom is -0.496 e. The molecule has 1 aliphatic rings. The fourth-order valence-electron chi connectivity index (χ4n) is 2.62. The van der Waals surface area contributed by atoms with E-state index in [4.69, 9.17) is 4.74 Å². The van der Waals surface area contributed by atoms with Gasteiger partial charge in [0, 0.05) is 11.5 Å². The number of hydrogen-bond acceptors (Lipinski definition) is 2. The van der Waals surface area contributed by atoms with Crippen molar-refractivity contribution in [1.29, 1.82) is 0 Å². The van der Waals surface area contributed by atoms with Crippen molar-refractivity contribution in [2.24, 2.45) is 5.92 Å². The number of nitrogens with one attached hydrogen (secondary N) is 1. The van der Waals surface area contributed by atoms with Crippen molar-refractivity contribution in [1.82, 2.24) is 5.32 Å². The quantitative estimate of drug-likeness (QED) is 0.888.